The van der Waals surface area contributed by atoms with Crippen LogP contribution in [0.1, 0.15) is 29.6 Å². The first-order chi connectivity index (χ1) is 14.5. The third-order valence-corrected chi connectivity index (χ3v) is 6.55. The highest BCUT2D eigenvalue weighted by Gasteiger charge is 2.27. The number of carbonyl (C=O) groups is 3. The van der Waals surface area contributed by atoms with Crippen molar-refractivity contribution in [3.8, 4) is 0 Å². The van der Waals surface area contributed by atoms with Crippen molar-refractivity contribution in [1.82, 2.24) is 20.0 Å². The van der Waals surface area contributed by atoms with Crippen LogP contribution in [-0.4, -0.2) is 63.8 Å². The number of piperidine rings is 1. The van der Waals surface area contributed by atoms with Crippen molar-refractivity contribution in [3.05, 3.63) is 42.2 Å². The number of thioether (sulfide) groups is 1. The van der Waals surface area contributed by atoms with Gasteiger partial charge in [0.1, 0.15) is 0 Å². The number of nitrogens with one attached hydrogen (secondary N) is 1. The smallest absolute Gasteiger partial charge is 0.254 e. The Balaban J connectivity index is 1.26. The van der Waals surface area contributed by atoms with Crippen molar-refractivity contribution >= 4 is 35.2 Å². The zero-order valence-corrected chi connectivity index (χ0v) is 17.7. The van der Waals surface area contributed by atoms with Crippen molar-refractivity contribution < 1.29 is 14.4 Å². The van der Waals surface area contributed by atoms with Crippen LogP contribution in [0.3, 0.4) is 0 Å². The molecule has 3 amide bonds. The van der Waals surface area contributed by atoms with E-state index in [4.69, 9.17) is 0 Å². The quantitative estimate of drug-likeness (QED) is 0.784. The van der Waals surface area contributed by atoms with Gasteiger partial charge in [-0.15, -0.1) is 11.8 Å². The number of likely N-dealkylation sites (tertiary alicyclic amines) is 1. The second-order valence-electron chi connectivity index (χ2n) is 7.58. The second-order valence-corrected chi connectivity index (χ2v) is 8.60. The number of nitrogens with zero attached hydrogens (tertiary/aromatic N) is 4. The Morgan fingerprint density at radius 1 is 1.23 bits per heavy atom. The number of aryl methyl sites for hydroxylation is 1. The van der Waals surface area contributed by atoms with Crippen LogP contribution in [0, 0.1) is 0 Å². The highest BCUT2D eigenvalue weighted by atomic mass is 32.2. The van der Waals surface area contributed by atoms with Crippen molar-refractivity contribution in [3.63, 3.8) is 0 Å². The van der Waals surface area contributed by atoms with E-state index in [9.17, 15) is 14.4 Å². The maximum Gasteiger partial charge on any atom is 0.254 e. The fraction of sp³-hybridized carbons (Fsp3) is 0.429. The zero-order chi connectivity index (χ0) is 21.1. The van der Waals surface area contributed by atoms with Crippen LogP contribution in [0.15, 0.2) is 41.6 Å². The van der Waals surface area contributed by atoms with Crippen LogP contribution < -0.4 is 10.2 Å². The van der Waals surface area contributed by atoms with Gasteiger partial charge in [0, 0.05) is 50.2 Å². The maximum atomic E-state index is 12.7. The fourth-order valence-electron chi connectivity index (χ4n) is 3.85. The molecule has 2 aliphatic rings. The van der Waals surface area contributed by atoms with Gasteiger partial charge >= 0.3 is 0 Å². The van der Waals surface area contributed by atoms with Gasteiger partial charge in [0.25, 0.3) is 5.91 Å². The molecule has 2 aliphatic heterocycles. The van der Waals surface area contributed by atoms with Crippen molar-refractivity contribution in [2.24, 2.45) is 7.05 Å². The molecule has 3 heterocycles. The molecule has 4 rings (SSSR count). The van der Waals surface area contributed by atoms with Crippen molar-refractivity contribution in [1.29, 1.82) is 0 Å². The second kappa shape index (κ2) is 8.91. The molecule has 1 N–H and O–H groups in total. The number of hydrogen-bond donors (Lipinski definition) is 1. The van der Waals surface area contributed by atoms with Gasteiger partial charge in [0.2, 0.25) is 11.8 Å². The Kier molecular flexibility index (Phi) is 6.08. The molecular weight excluding hydrogens is 402 g/mol. The van der Waals surface area contributed by atoms with Gasteiger partial charge in [-0.2, -0.15) is 5.10 Å². The summed E-state index contributed by atoms with van der Waals surface area (Å²) in [5.41, 5.74) is 1.43. The number of aromatic nitrogens is 2. The van der Waals surface area contributed by atoms with Crippen LogP contribution >= 0.6 is 11.8 Å². The minimum atomic E-state index is -0.131. The molecule has 0 saturated carbocycles. The van der Waals surface area contributed by atoms with E-state index in [1.165, 1.54) is 0 Å². The predicted octanol–water partition coefficient (Wildman–Crippen LogP) is 1.67. The number of fused-ring (bicyclic) bond motifs is 1. The monoisotopic (exact) mass is 427 g/mol. The lowest BCUT2D eigenvalue weighted by molar-refractivity contribution is -0.132. The van der Waals surface area contributed by atoms with E-state index < -0.39 is 0 Å². The predicted molar refractivity (Wildman–Crippen MR) is 114 cm³/mol. The minimum absolute atomic E-state index is 0.0447. The summed E-state index contributed by atoms with van der Waals surface area (Å²) in [7, 11) is 1.77. The molecule has 8 nitrogen and oxygen atoms in total. The molecule has 9 heteroatoms. The Labute approximate surface area is 179 Å². The number of anilines is 1. The third-order valence-electron chi connectivity index (χ3n) is 5.51. The van der Waals surface area contributed by atoms with Crippen LogP contribution in [0.4, 0.5) is 5.69 Å². The van der Waals surface area contributed by atoms with Gasteiger partial charge in [-0.3, -0.25) is 19.1 Å². The van der Waals surface area contributed by atoms with Crippen LogP contribution in [0.25, 0.3) is 0 Å². The summed E-state index contributed by atoms with van der Waals surface area (Å²) < 4.78 is 1.60. The lowest BCUT2D eigenvalue weighted by Gasteiger charge is -2.33. The first-order valence-electron chi connectivity index (χ1n) is 10.1. The lowest BCUT2D eigenvalue weighted by Crippen LogP contribution is -2.47. The summed E-state index contributed by atoms with van der Waals surface area (Å²) in [6, 6.07) is 7.86. The molecule has 2 aromatic rings. The molecule has 1 aromatic heterocycles. The van der Waals surface area contributed by atoms with E-state index in [1.54, 1.807) is 40.8 Å². The van der Waals surface area contributed by atoms with Gasteiger partial charge in [0.15, 0.2) is 0 Å². The van der Waals surface area contributed by atoms with Crippen LogP contribution in [0.5, 0.6) is 0 Å². The number of rotatable bonds is 5. The Bertz CT molecular complexity index is 952. The van der Waals surface area contributed by atoms with Gasteiger partial charge in [-0.05, 0) is 25.0 Å². The van der Waals surface area contributed by atoms with Crippen LogP contribution in [-0.2, 0) is 16.6 Å². The Morgan fingerprint density at radius 2 is 2.00 bits per heavy atom. The standard InChI is InChI=1S/C21H25N5O3S/c1-24-13-15(12-22-24)21(29)23-16-6-9-25(10-7-16)19(27)8-11-26-17-4-2-3-5-18(17)30-14-20(26)28/h2-5,12-13,16H,6-11,14H2,1H3,(H,23,29). The lowest BCUT2D eigenvalue weighted by atomic mass is 10.0. The zero-order valence-electron chi connectivity index (χ0n) is 16.9. The molecule has 1 saturated heterocycles. The van der Waals surface area contributed by atoms with E-state index in [0.29, 0.717) is 37.4 Å². The highest BCUT2D eigenvalue weighted by Crippen LogP contribution is 2.34. The number of carbonyl (C=O) groups excluding carboxylic acids is 3. The van der Waals surface area contributed by atoms with E-state index >= 15 is 0 Å². The van der Waals surface area contributed by atoms with Gasteiger partial charge in [-0.25, -0.2) is 0 Å². The topological polar surface area (TPSA) is 87.5 Å². The van der Waals surface area contributed by atoms with Crippen molar-refractivity contribution in [2.45, 2.75) is 30.2 Å². The summed E-state index contributed by atoms with van der Waals surface area (Å²) in [5.74, 6) is 0.375. The summed E-state index contributed by atoms with van der Waals surface area (Å²) in [5, 5.41) is 7.04. The average molecular weight is 428 g/mol. The van der Waals surface area contributed by atoms with Crippen LogP contribution in [0.2, 0.25) is 0 Å². The summed E-state index contributed by atoms with van der Waals surface area (Å²) in [4.78, 5) is 41.9. The largest absolute Gasteiger partial charge is 0.349 e. The molecule has 0 aliphatic carbocycles. The highest BCUT2D eigenvalue weighted by molar-refractivity contribution is 8.00. The summed E-state index contributed by atoms with van der Waals surface area (Å²) >= 11 is 1.54. The Hall–Kier alpha value is -2.81. The van der Waals surface area contributed by atoms with Crippen molar-refractivity contribution in [2.75, 3.05) is 30.3 Å². The van der Waals surface area contributed by atoms with E-state index in [2.05, 4.69) is 10.4 Å². The van der Waals surface area contributed by atoms with Gasteiger partial charge in [-0.1, -0.05) is 12.1 Å². The molecule has 0 spiro atoms. The number of hydrogen-bond acceptors (Lipinski definition) is 5. The number of benzene rings is 1. The molecule has 0 bridgehead atoms. The molecular formula is C21H25N5O3S. The van der Waals surface area contributed by atoms with E-state index in [1.807, 2.05) is 29.2 Å². The Morgan fingerprint density at radius 3 is 2.73 bits per heavy atom. The first-order valence-corrected chi connectivity index (χ1v) is 11.1. The summed E-state index contributed by atoms with van der Waals surface area (Å²) in [6.07, 6.45) is 4.98. The molecule has 0 atom stereocenters. The molecule has 158 valence electrons. The maximum absolute atomic E-state index is 12.7. The number of amides is 3. The molecule has 1 aromatic carbocycles. The summed E-state index contributed by atoms with van der Waals surface area (Å²) in [6.45, 7) is 1.61. The van der Waals surface area contributed by atoms with Gasteiger partial charge < -0.3 is 15.1 Å². The molecule has 30 heavy (non-hydrogen) atoms. The number of para-hydroxylation sites is 1. The SMILES string of the molecule is Cn1cc(C(=O)NC2CCN(C(=O)CCN3C(=O)CSc4ccccc43)CC2)cn1. The van der Waals surface area contributed by atoms with Gasteiger partial charge in [0.05, 0.1) is 23.2 Å². The van der Waals surface area contributed by atoms with E-state index in [0.717, 1.165) is 23.4 Å². The minimum Gasteiger partial charge on any atom is -0.349 e. The third kappa shape index (κ3) is 4.51. The molecule has 1 fully saturated rings. The van der Waals surface area contributed by atoms with E-state index in [-0.39, 0.29) is 23.8 Å². The molecule has 0 radical (unpaired) electrons. The molecule has 0 unspecified atom stereocenters. The normalized spacial score (nSPS) is 17.0. The first kappa shape index (κ1) is 20.5. The fourth-order valence-corrected chi connectivity index (χ4v) is 4.78. The average Bonchev–Trinajstić information content (AvgIpc) is 3.20.